The van der Waals surface area contributed by atoms with E-state index in [0.29, 0.717) is 0 Å². The van der Waals surface area contributed by atoms with Gasteiger partial charge in [0.25, 0.3) is 0 Å². The average Bonchev–Trinajstić information content (AvgIpc) is 2.43. The van der Waals surface area contributed by atoms with E-state index in [4.69, 9.17) is 26.4 Å². The van der Waals surface area contributed by atoms with Crippen molar-refractivity contribution in [3.05, 3.63) is 12.2 Å². The van der Waals surface area contributed by atoms with Crippen LogP contribution in [0.2, 0.25) is 0 Å². The number of hydrogen-bond donors (Lipinski definition) is 7. The SMILES string of the molecule is C[C@H](N)C(=O)N[C@@H](CC(N)=O)C(=O)N[C@H](/C=C/CP(=O)(O)O)C(=O)O. The van der Waals surface area contributed by atoms with Crippen LogP contribution < -0.4 is 22.1 Å². The molecule has 12 nitrogen and oxygen atoms in total. The number of primary amides is 1. The van der Waals surface area contributed by atoms with Crippen molar-refractivity contribution in [1.82, 2.24) is 10.6 Å². The first-order valence-corrected chi connectivity index (χ1v) is 8.72. The van der Waals surface area contributed by atoms with Gasteiger partial charge in [0.2, 0.25) is 17.7 Å². The summed E-state index contributed by atoms with van der Waals surface area (Å²) < 4.78 is 10.7. The zero-order valence-electron chi connectivity index (χ0n) is 13.3. The van der Waals surface area contributed by atoms with Gasteiger partial charge >= 0.3 is 13.6 Å². The largest absolute Gasteiger partial charge is 0.479 e. The molecule has 25 heavy (non-hydrogen) atoms. The first kappa shape index (κ1) is 22.7. The van der Waals surface area contributed by atoms with Gasteiger partial charge in [-0.1, -0.05) is 12.2 Å². The van der Waals surface area contributed by atoms with Crippen LogP contribution in [-0.2, 0) is 23.7 Å². The van der Waals surface area contributed by atoms with Gasteiger partial charge in [0.15, 0.2) is 0 Å². The highest BCUT2D eigenvalue weighted by molar-refractivity contribution is 7.51. The van der Waals surface area contributed by atoms with Crippen molar-refractivity contribution in [1.29, 1.82) is 0 Å². The van der Waals surface area contributed by atoms with Crippen LogP contribution in [0.15, 0.2) is 12.2 Å². The minimum absolute atomic E-state index is 0.594. The lowest BCUT2D eigenvalue weighted by Crippen LogP contribution is -2.54. The smallest absolute Gasteiger partial charge is 0.330 e. The molecule has 0 rings (SSSR count). The van der Waals surface area contributed by atoms with Gasteiger partial charge in [-0.25, -0.2) is 4.79 Å². The molecule has 142 valence electrons. The lowest BCUT2D eigenvalue weighted by atomic mass is 10.1. The van der Waals surface area contributed by atoms with E-state index in [-0.39, 0.29) is 0 Å². The molecule has 0 saturated heterocycles. The van der Waals surface area contributed by atoms with Crippen LogP contribution in [0.5, 0.6) is 0 Å². The molecule has 0 unspecified atom stereocenters. The third-order valence-corrected chi connectivity index (χ3v) is 3.37. The highest BCUT2D eigenvalue weighted by Crippen LogP contribution is 2.33. The van der Waals surface area contributed by atoms with E-state index in [1.807, 2.05) is 5.32 Å². The predicted octanol–water partition coefficient (Wildman–Crippen LogP) is -3.00. The Balaban J connectivity index is 5.12. The van der Waals surface area contributed by atoms with Crippen LogP contribution in [0.4, 0.5) is 0 Å². The van der Waals surface area contributed by atoms with Crippen molar-refractivity contribution < 1.29 is 38.6 Å². The topological polar surface area (TPSA) is 222 Å². The van der Waals surface area contributed by atoms with Crippen molar-refractivity contribution >= 4 is 31.3 Å². The second-order valence-corrected chi connectivity index (χ2v) is 6.81. The predicted molar refractivity (Wildman–Crippen MR) is 85.0 cm³/mol. The number of carboxylic acid groups (broad SMARTS) is 1. The molecule has 0 aliphatic carbocycles. The third kappa shape index (κ3) is 10.2. The van der Waals surface area contributed by atoms with Gasteiger partial charge in [0.05, 0.1) is 18.6 Å². The molecule has 0 aliphatic rings. The van der Waals surface area contributed by atoms with E-state index in [1.54, 1.807) is 0 Å². The normalized spacial score (nSPS) is 15.2. The Labute approximate surface area is 142 Å². The number of aliphatic carboxylic acids is 1. The summed E-state index contributed by atoms with van der Waals surface area (Å²) in [5.74, 6) is -4.23. The summed E-state index contributed by atoms with van der Waals surface area (Å²) in [6, 6.07) is -4.07. The van der Waals surface area contributed by atoms with Crippen LogP contribution in [0.3, 0.4) is 0 Å². The molecule has 3 amide bonds. The number of carboxylic acids is 1. The summed E-state index contributed by atoms with van der Waals surface area (Å²) in [4.78, 5) is 63.2. The minimum Gasteiger partial charge on any atom is -0.479 e. The summed E-state index contributed by atoms with van der Waals surface area (Å²) in [6.07, 6.45) is 0.430. The molecule has 0 bridgehead atoms. The molecular formula is C12H21N4O8P. The average molecular weight is 380 g/mol. The van der Waals surface area contributed by atoms with Gasteiger partial charge in [-0.05, 0) is 6.92 Å². The lowest BCUT2D eigenvalue weighted by molar-refractivity contribution is -0.141. The van der Waals surface area contributed by atoms with Crippen molar-refractivity contribution in [3.8, 4) is 0 Å². The fraction of sp³-hybridized carbons (Fsp3) is 0.500. The number of carbonyl (C=O) groups excluding carboxylic acids is 3. The molecule has 3 atom stereocenters. The molecule has 0 aliphatic heterocycles. The van der Waals surface area contributed by atoms with Crippen molar-refractivity contribution in [3.63, 3.8) is 0 Å². The van der Waals surface area contributed by atoms with Crippen LogP contribution >= 0.6 is 7.60 Å². The second-order valence-electron chi connectivity index (χ2n) is 5.12. The third-order valence-electron chi connectivity index (χ3n) is 2.69. The molecule has 0 fully saturated rings. The Hall–Kier alpha value is -2.27. The number of rotatable bonds is 10. The zero-order valence-corrected chi connectivity index (χ0v) is 14.2. The summed E-state index contributed by atoms with van der Waals surface area (Å²) in [6.45, 7) is 1.33. The molecule has 0 aromatic heterocycles. The Morgan fingerprint density at radius 2 is 1.72 bits per heavy atom. The molecular weight excluding hydrogens is 359 g/mol. The summed E-state index contributed by atoms with van der Waals surface area (Å²) in [7, 11) is -4.38. The molecule has 0 heterocycles. The van der Waals surface area contributed by atoms with E-state index >= 15 is 0 Å². The lowest BCUT2D eigenvalue weighted by Gasteiger charge is -2.20. The van der Waals surface area contributed by atoms with E-state index in [0.717, 1.165) is 12.2 Å². The molecule has 13 heteroatoms. The Kier molecular flexibility index (Phi) is 8.99. The highest BCUT2D eigenvalue weighted by Gasteiger charge is 2.27. The van der Waals surface area contributed by atoms with Gasteiger partial charge in [-0.15, -0.1) is 0 Å². The molecule has 0 aromatic rings. The van der Waals surface area contributed by atoms with Gasteiger partial charge in [-0.3, -0.25) is 18.9 Å². The molecule has 0 radical (unpaired) electrons. The van der Waals surface area contributed by atoms with E-state index < -0.39 is 62.0 Å². The Bertz CT molecular complexity index is 600. The summed E-state index contributed by atoms with van der Waals surface area (Å²) in [5, 5.41) is 13.2. The molecule has 0 aromatic carbocycles. The van der Waals surface area contributed by atoms with E-state index in [1.165, 1.54) is 6.92 Å². The quantitative estimate of drug-likeness (QED) is 0.151. The van der Waals surface area contributed by atoms with E-state index in [2.05, 4.69) is 5.32 Å². The number of amides is 3. The van der Waals surface area contributed by atoms with Crippen molar-refractivity contribution in [2.75, 3.05) is 6.16 Å². The van der Waals surface area contributed by atoms with Gasteiger partial charge in [0, 0.05) is 0 Å². The Morgan fingerprint density at radius 1 is 1.16 bits per heavy atom. The van der Waals surface area contributed by atoms with Crippen LogP contribution in [0, 0.1) is 0 Å². The molecule has 0 spiro atoms. The Morgan fingerprint density at radius 3 is 2.12 bits per heavy atom. The number of allylic oxidation sites excluding steroid dienone is 1. The maximum absolute atomic E-state index is 12.1. The second kappa shape index (κ2) is 9.89. The summed E-state index contributed by atoms with van der Waals surface area (Å²) >= 11 is 0. The standard InChI is InChI=1S/C12H21N4O8P/c1-6(13)10(18)16-8(5-9(14)17)11(19)15-7(12(20)21)3-2-4-25(22,23)24/h2-3,6-8H,4-5,13H2,1H3,(H2,14,17)(H,15,19)(H,16,18)(H,20,21)(H2,22,23,24)/b3-2+/t6-,7+,8-/m0/s1. The maximum Gasteiger partial charge on any atom is 0.330 e. The number of nitrogens with one attached hydrogen (secondary N) is 2. The monoisotopic (exact) mass is 380 g/mol. The zero-order chi connectivity index (χ0) is 19.8. The van der Waals surface area contributed by atoms with E-state index in [9.17, 15) is 23.7 Å². The fourth-order valence-corrected chi connectivity index (χ4v) is 1.89. The summed E-state index contributed by atoms with van der Waals surface area (Å²) in [5.41, 5.74) is 10.3. The number of hydrogen-bond acceptors (Lipinski definition) is 6. The van der Waals surface area contributed by atoms with Crippen LogP contribution in [-0.4, -0.2) is 62.9 Å². The van der Waals surface area contributed by atoms with Crippen LogP contribution in [0.1, 0.15) is 13.3 Å². The van der Waals surface area contributed by atoms with Crippen LogP contribution in [0.25, 0.3) is 0 Å². The first-order chi connectivity index (χ1) is 11.3. The first-order valence-electron chi connectivity index (χ1n) is 6.92. The van der Waals surface area contributed by atoms with Gasteiger partial charge < -0.3 is 37.0 Å². The highest BCUT2D eigenvalue weighted by atomic mass is 31.2. The molecule has 9 N–H and O–H groups in total. The molecule has 0 saturated carbocycles. The maximum atomic E-state index is 12.1. The van der Waals surface area contributed by atoms with Crippen molar-refractivity contribution in [2.24, 2.45) is 11.5 Å². The van der Waals surface area contributed by atoms with Crippen molar-refractivity contribution in [2.45, 2.75) is 31.5 Å². The number of carbonyl (C=O) groups is 4. The number of nitrogens with two attached hydrogens (primary N) is 2. The van der Waals surface area contributed by atoms with Gasteiger partial charge in [0.1, 0.15) is 12.1 Å². The fourth-order valence-electron chi connectivity index (χ4n) is 1.49. The minimum atomic E-state index is -4.38. The van der Waals surface area contributed by atoms with Gasteiger partial charge in [-0.2, -0.15) is 0 Å².